The fourth-order valence-corrected chi connectivity index (χ4v) is 3.07. The lowest BCUT2D eigenvalue weighted by atomic mass is 9.70. The molecule has 1 amide bonds. The van der Waals surface area contributed by atoms with Gasteiger partial charge in [-0.3, -0.25) is 9.59 Å². The van der Waals surface area contributed by atoms with E-state index in [4.69, 9.17) is 5.11 Å². The van der Waals surface area contributed by atoms with Crippen LogP contribution in [0.3, 0.4) is 0 Å². The average molecular weight is 303 g/mol. The molecule has 1 aromatic carbocycles. The molecule has 4 heteroatoms. The molecule has 1 aliphatic rings. The molecule has 4 nitrogen and oxygen atoms in total. The number of carboxylic acids is 1. The van der Waals surface area contributed by atoms with Gasteiger partial charge >= 0.3 is 5.97 Å². The second-order valence-electron chi connectivity index (χ2n) is 6.97. The van der Waals surface area contributed by atoms with Crippen molar-refractivity contribution in [1.82, 2.24) is 5.32 Å². The molecular weight excluding hydrogens is 278 g/mol. The van der Waals surface area contributed by atoms with Crippen LogP contribution >= 0.6 is 0 Å². The molecule has 120 valence electrons. The maximum Gasteiger partial charge on any atom is 0.303 e. The smallest absolute Gasteiger partial charge is 0.303 e. The van der Waals surface area contributed by atoms with Crippen LogP contribution in [0.15, 0.2) is 30.3 Å². The summed E-state index contributed by atoms with van der Waals surface area (Å²) >= 11 is 0. The third kappa shape index (κ3) is 4.86. The molecular formula is C18H25NO3. The molecule has 0 aliphatic heterocycles. The Bertz CT molecular complexity index is 518. The first-order valence-electron chi connectivity index (χ1n) is 7.93. The van der Waals surface area contributed by atoms with E-state index in [2.05, 4.69) is 29.6 Å². The van der Waals surface area contributed by atoms with E-state index >= 15 is 0 Å². The molecule has 0 atom stereocenters. The summed E-state index contributed by atoms with van der Waals surface area (Å²) in [6.07, 6.45) is 3.19. The minimum Gasteiger partial charge on any atom is -0.481 e. The van der Waals surface area contributed by atoms with Crippen molar-refractivity contribution >= 4 is 11.9 Å². The number of carbonyl (C=O) groups is 2. The zero-order valence-corrected chi connectivity index (χ0v) is 13.3. The van der Waals surface area contributed by atoms with Crippen molar-refractivity contribution in [3.05, 3.63) is 35.9 Å². The van der Waals surface area contributed by atoms with Crippen molar-refractivity contribution in [2.24, 2.45) is 5.92 Å². The maximum atomic E-state index is 12.1. The number of hydrogen-bond acceptors (Lipinski definition) is 2. The molecule has 0 unspecified atom stereocenters. The summed E-state index contributed by atoms with van der Waals surface area (Å²) in [4.78, 5) is 22.7. The molecule has 0 heterocycles. The van der Waals surface area contributed by atoms with Gasteiger partial charge in [-0.25, -0.2) is 0 Å². The number of benzene rings is 1. The molecule has 0 saturated heterocycles. The Morgan fingerprint density at radius 3 is 2.45 bits per heavy atom. The number of carboxylic acid groups (broad SMARTS) is 1. The Labute approximate surface area is 131 Å². The minimum atomic E-state index is -0.827. The predicted molar refractivity (Wildman–Crippen MR) is 85.6 cm³/mol. The van der Waals surface area contributed by atoms with Gasteiger partial charge in [-0.2, -0.15) is 0 Å². The van der Waals surface area contributed by atoms with Crippen molar-refractivity contribution in [3.8, 4) is 0 Å². The number of carbonyl (C=O) groups excluding carboxylic acids is 1. The summed E-state index contributed by atoms with van der Waals surface area (Å²) in [5.74, 6) is 0.235. The summed E-state index contributed by atoms with van der Waals surface area (Å²) in [5.41, 5.74) is 0.902. The fraction of sp³-hybridized carbons (Fsp3) is 0.556. The van der Waals surface area contributed by atoms with E-state index < -0.39 is 11.5 Å². The predicted octanol–water partition coefficient (Wildman–Crippen LogP) is 3.33. The normalized spacial score (nSPS) is 21.0. The van der Waals surface area contributed by atoms with Crippen molar-refractivity contribution in [3.63, 3.8) is 0 Å². The quantitative estimate of drug-likeness (QED) is 0.812. The summed E-state index contributed by atoms with van der Waals surface area (Å²) in [5, 5.41) is 11.7. The maximum absolute atomic E-state index is 12.1. The lowest BCUT2D eigenvalue weighted by Crippen LogP contribution is -2.44. The van der Waals surface area contributed by atoms with Crippen LogP contribution in [-0.2, 0) is 9.59 Å². The van der Waals surface area contributed by atoms with Crippen molar-refractivity contribution < 1.29 is 14.7 Å². The van der Waals surface area contributed by atoms with Gasteiger partial charge in [-0.1, -0.05) is 30.3 Å². The molecule has 0 aromatic heterocycles. The van der Waals surface area contributed by atoms with E-state index in [0.29, 0.717) is 24.7 Å². The van der Waals surface area contributed by atoms with Gasteiger partial charge in [0.2, 0.25) is 5.91 Å². The number of hydrogen-bond donors (Lipinski definition) is 2. The van der Waals surface area contributed by atoms with Crippen molar-refractivity contribution in [2.75, 3.05) is 0 Å². The van der Waals surface area contributed by atoms with Crippen LogP contribution < -0.4 is 5.32 Å². The van der Waals surface area contributed by atoms with Gasteiger partial charge in [0.15, 0.2) is 0 Å². The van der Waals surface area contributed by atoms with Gasteiger partial charge in [-0.15, -0.1) is 0 Å². The van der Waals surface area contributed by atoms with Gasteiger partial charge in [0.1, 0.15) is 0 Å². The fourth-order valence-electron chi connectivity index (χ4n) is 3.07. The summed E-state index contributed by atoms with van der Waals surface area (Å²) < 4.78 is 0. The van der Waals surface area contributed by atoms with Crippen LogP contribution in [0, 0.1) is 5.92 Å². The van der Waals surface area contributed by atoms with Crippen LogP contribution in [0.25, 0.3) is 0 Å². The zero-order chi connectivity index (χ0) is 16.2. The molecule has 1 aromatic rings. The number of amides is 1. The van der Waals surface area contributed by atoms with E-state index in [1.54, 1.807) is 0 Å². The Kier molecular flexibility index (Phi) is 5.22. The Morgan fingerprint density at radius 1 is 1.23 bits per heavy atom. The highest BCUT2D eigenvalue weighted by molar-refractivity contribution is 5.77. The van der Waals surface area contributed by atoms with E-state index in [9.17, 15) is 9.59 Å². The molecule has 1 aliphatic carbocycles. The molecule has 0 spiro atoms. The number of nitrogens with one attached hydrogen (secondary N) is 1. The van der Waals surface area contributed by atoms with Gasteiger partial charge in [0, 0.05) is 18.4 Å². The highest BCUT2D eigenvalue weighted by Crippen LogP contribution is 2.43. The molecule has 0 bridgehead atoms. The van der Waals surface area contributed by atoms with Crippen LogP contribution in [0.4, 0.5) is 0 Å². The van der Waals surface area contributed by atoms with Crippen molar-refractivity contribution in [2.45, 2.75) is 57.4 Å². The molecule has 1 saturated carbocycles. The first kappa shape index (κ1) is 16.5. The van der Waals surface area contributed by atoms with Crippen LogP contribution in [0.5, 0.6) is 0 Å². The molecule has 0 radical (unpaired) electrons. The van der Waals surface area contributed by atoms with Gasteiger partial charge < -0.3 is 10.4 Å². The summed E-state index contributed by atoms with van der Waals surface area (Å²) in [7, 11) is 0. The molecule has 22 heavy (non-hydrogen) atoms. The molecule has 1 fully saturated rings. The van der Waals surface area contributed by atoms with E-state index in [1.807, 2.05) is 19.9 Å². The highest BCUT2D eigenvalue weighted by Gasteiger charge is 2.32. The lowest BCUT2D eigenvalue weighted by Gasteiger charge is -2.36. The molecule has 2 rings (SSSR count). The largest absolute Gasteiger partial charge is 0.481 e. The van der Waals surface area contributed by atoms with E-state index in [-0.39, 0.29) is 12.3 Å². The zero-order valence-electron chi connectivity index (χ0n) is 13.3. The first-order valence-corrected chi connectivity index (χ1v) is 7.93. The average Bonchev–Trinajstić information content (AvgIpc) is 2.41. The van der Waals surface area contributed by atoms with Gasteiger partial charge in [0.25, 0.3) is 0 Å². The summed E-state index contributed by atoms with van der Waals surface area (Å²) in [6.45, 7) is 3.75. The van der Waals surface area contributed by atoms with E-state index in [1.165, 1.54) is 5.56 Å². The first-order chi connectivity index (χ1) is 10.4. The number of aliphatic carboxylic acids is 1. The standard InChI is InChI=1S/C18H25NO3/c1-18(2,9-8-17(21)22)19-16(20)12-13-10-15(11-13)14-6-4-3-5-7-14/h3-7,13,15H,8-12H2,1-2H3,(H,19,20)(H,21,22). The Balaban J connectivity index is 1.72. The SMILES string of the molecule is CC(C)(CCC(=O)O)NC(=O)CC1CC(c2ccccc2)C1. The monoisotopic (exact) mass is 303 g/mol. The van der Waals surface area contributed by atoms with Gasteiger partial charge in [0.05, 0.1) is 0 Å². The van der Waals surface area contributed by atoms with Crippen LogP contribution in [-0.4, -0.2) is 22.5 Å². The summed E-state index contributed by atoms with van der Waals surface area (Å²) in [6, 6.07) is 10.4. The second-order valence-corrected chi connectivity index (χ2v) is 6.97. The van der Waals surface area contributed by atoms with Crippen LogP contribution in [0.1, 0.15) is 57.4 Å². The Hall–Kier alpha value is -1.84. The second kappa shape index (κ2) is 6.95. The molecule has 2 N–H and O–H groups in total. The van der Waals surface area contributed by atoms with Crippen molar-refractivity contribution in [1.29, 1.82) is 0 Å². The van der Waals surface area contributed by atoms with E-state index in [0.717, 1.165) is 12.8 Å². The minimum absolute atomic E-state index is 0.0342. The topological polar surface area (TPSA) is 66.4 Å². The Morgan fingerprint density at radius 2 is 1.86 bits per heavy atom. The third-order valence-electron chi connectivity index (χ3n) is 4.42. The highest BCUT2D eigenvalue weighted by atomic mass is 16.4. The lowest BCUT2D eigenvalue weighted by molar-refractivity contribution is -0.138. The number of rotatable bonds is 7. The van der Waals surface area contributed by atoms with Crippen LogP contribution in [0.2, 0.25) is 0 Å². The third-order valence-corrected chi connectivity index (χ3v) is 4.42. The van der Waals surface area contributed by atoms with Gasteiger partial charge in [-0.05, 0) is 50.5 Å².